The zero-order chi connectivity index (χ0) is 17.9. The molecule has 0 amide bonds. The Balaban J connectivity index is 0.000000256. The van der Waals surface area contributed by atoms with Gasteiger partial charge in [-0.25, -0.2) is 14.8 Å². The quantitative estimate of drug-likeness (QED) is 0.635. The van der Waals surface area contributed by atoms with Gasteiger partial charge in [-0.2, -0.15) is 13.2 Å². The van der Waals surface area contributed by atoms with E-state index in [1.54, 1.807) is 6.20 Å². The smallest absolute Gasteiger partial charge is 0.475 e. The first-order valence-corrected chi connectivity index (χ1v) is 7.35. The summed E-state index contributed by atoms with van der Waals surface area (Å²) in [5, 5.41) is 7.12. The fraction of sp³-hybridized carbons (Fsp3) is 0.133. The van der Waals surface area contributed by atoms with Crippen LogP contribution in [0.1, 0.15) is 5.56 Å². The number of hydrogen-bond acceptors (Lipinski definition) is 3. The van der Waals surface area contributed by atoms with Crippen molar-refractivity contribution in [1.82, 2.24) is 15.0 Å². The fourth-order valence-corrected chi connectivity index (χ4v) is 2.17. The van der Waals surface area contributed by atoms with Gasteiger partial charge in [0.05, 0.1) is 5.52 Å². The fourth-order valence-electron chi connectivity index (χ4n) is 1.84. The number of pyridine rings is 1. The van der Waals surface area contributed by atoms with Gasteiger partial charge >= 0.3 is 12.1 Å². The zero-order valence-corrected chi connectivity index (χ0v) is 13.8. The van der Waals surface area contributed by atoms with Gasteiger partial charge in [-0.1, -0.05) is 24.3 Å². The highest BCUT2D eigenvalue weighted by atomic mass is 79.9. The van der Waals surface area contributed by atoms with Crippen LogP contribution in [0, 0.1) is 6.92 Å². The van der Waals surface area contributed by atoms with E-state index in [-0.39, 0.29) is 0 Å². The molecule has 3 rings (SSSR count). The van der Waals surface area contributed by atoms with Crippen molar-refractivity contribution in [2.24, 2.45) is 0 Å². The monoisotopic (exact) mass is 401 g/mol. The SMILES string of the molecule is Cc1ccccc1-c1nc2ncc(Br)cc2[nH]1.O=C(O)C(F)(F)F. The summed E-state index contributed by atoms with van der Waals surface area (Å²) in [6.45, 7) is 2.08. The van der Waals surface area contributed by atoms with E-state index in [2.05, 4.69) is 49.9 Å². The van der Waals surface area contributed by atoms with Crippen molar-refractivity contribution in [3.63, 3.8) is 0 Å². The molecule has 0 aliphatic rings. The predicted molar refractivity (Wildman–Crippen MR) is 85.5 cm³/mol. The van der Waals surface area contributed by atoms with Gasteiger partial charge in [-0.05, 0) is 34.5 Å². The topological polar surface area (TPSA) is 78.9 Å². The average Bonchev–Trinajstić information content (AvgIpc) is 2.90. The van der Waals surface area contributed by atoms with E-state index in [1.807, 2.05) is 18.2 Å². The molecule has 3 aromatic rings. The molecule has 0 fully saturated rings. The van der Waals surface area contributed by atoms with E-state index in [0.717, 1.165) is 27.0 Å². The third-order valence-corrected chi connectivity index (χ3v) is 3.38. The summed E-state index contributed by atoms with van der Waals surface area (Å²) in [6.07, 6.45) is -3.33. The zero-order valence-electron chi connectivity index (χ0n) is 12.2. The van der Waals surface area contributed by atoms with Crippen LogP contribution in [0.3, 0.4) is 0 Å². The van der Waals surface area contributed by atoms with E-state index in [1.165, 1.54) is 5.56 Å². The molecule has 2 N–H and O–H groups in total. The number of carbonyl (C=O) groups is 1. The van der Waals surface area contributed by atoms with Crippen LogP contribution in [0.15, 0.2) is 41.0 Å². The minimum absolute atomic E-state index is 0.742. The number of nitrogens with zero attached hydrogens (tertiary/aromatic N) is 2. The van der Waals surface area contributed by atoms with E-state index < -0.39 is 12.1 Å². The first-order valence-electron chi connectivity index (χ1n) is 6.56. The van der Waals surface area contributed by atoms with Crippen LogP contribution in [0.25, 0.3) is 22.6 Å². The Bertz CT molecular complexity index is 878. The lowest BCUT2D eigenvalue weighted by Crippen LogP contribution is -2.21. The molecule has 24 heavy (non-hydrogen) atoms. The van der Waals surface area contributed by atoms with Gasteiger partial charge in [0, 0.05) is 16.2 Å². The maximum Gasteiger partial charge on any atom is 0.490 e. The van der Waals surface area contributed by atoms with Gasteiger partial charge in [-0.15, -0.1) is 0 Å². The second-order valence-electron chi connectivity index (χ2n) is 4.73. The lowest BCUT2D eigenvalue weighted by Gasteiger charge is -2.00. The Morgan fingerprint density at radius 3 is 2.50 bits per heavy atom. The molecule has 5 nitrogen and oxygen atoms in total. The minimum Gasteiger partial charge on any atom is -0.475 e. The van der Waals surface area contributed by atoms with Crippen LogP contribution >= 0.6 is 15.9 Å². The number of fused-ring (bicyclic) bond motifs is 1. The Labute approximate surface area is 142 Å². The van der Waals surface area contributed by atoms with Crippen molar-refractivity contribution in [1.29, 1.82) is 0 Å². The number of hydrogen-bond donors (Lipinski definition) is 2. The number of carboxylic acid groups (broad SMARTS) is 1. The van der Waals surface area contributed by atoms with Crippen LogP contribution in [-0.4, -0.2) is 32.2 Å². The Morgan fingerprint density at radius 1 is 1.29 bits per heavy atom. The lowest BCUT2D eigenvalue weighted by molar-refractivity contribution is -0.192. The summed E-state index contributed by atoms with van der Waals surface area (Å²) in [5.74, 6) is -1.89. The first-order chi connectivity index (χ1) is 11.2. The van der Waals surface area contributed by atoms with Crippen LogP contribution in [0.5, 0.6) is 0 Å². The highest BCUT2D eigenvalue weighted by Crippen LogP contribution is 2.23. The molecule has 0 atom stereocenters. The molecule has 0 spiro atoms. The van der Waals surface area contributed by atoms with Gasteiger partial charge in [0.15, 0.2) is 5.65 Å². The molecule has 0 aliphatic carbocycles. The Morgan fingerprint density at radius 2 is 1.92 bits per heavy atom. The van der Waals surface area contributed by atoms with Gasteiger partial charge in [0.1, 0.15) is 5.82 Å². The summed E-state index contributed by atoms with van der Waals surface area (Å²) < 4.78 is 32.7. The molecule has 126 valence electrons. The molecule has 2 aromatic heterocycles. The molecule has 0 aliphatic heterocycles. The normalized spacial score (nSPS) is 11.0. The number of imidazole rings is 1. The standard InChI is InChI=1S/C13H10BrN3.C2HF3O2/c1-8-4-2-3-5-10(8)12-16-11-6-9(14)7-15-13(11)17-12;3-2(4,5)1(6)7/h2-7H,1H3,(H,15,16,17);(H,6,7). The van der Waals surface area contributed by atoms with E-state index in [4.69, 9.17) is 9.90 Å². The van der Waals surface area contributed by atoms with Crippen LogP contribution < -0.4 is 0 Å². The number of rotatable bonds is 1. The average molecular weight is 402 g/mol. The highest BCUT2D eigenvalue weighted by molar-refractivity contribution is 9.10. The number of benzene rings is 1. The molecular formula is C15H11BrF3N3O2. The third-order valence-electron chi connectivity index (χ3n) is 2.95. The maximum atomic E-state index is 10.6. The van der Waals surface area contributed by atoms with Crippen molar-refractivity contribution < 1.29 is 23.1 Å². The Hall–Kier alpha value is -2.42. The number of H-pyrrole nitrogens is 1. The largest absolute Gasteiger partial charge is 0.490 e. The second kappa shape index (κ2) is 7.00. The second-order valence-corrected chi connectivity index (χ2v) is 5.64. The van der Waals surface area contributed by atoms with Crippen LogP contribution in [0.4, 0.5) is 13.2 Å². The molecule has 0 saturated heterocycles. The van der Waals surface area contributed by atoms with Crippen molar-refractivity contribution in [2.75, 3.05) is 0 Å². The summed E-state index contributed by atoms with van der Waals surface area (Å²) >= 11 is 3.40. The third kappa shape index (κ3) is 4.31. The van der Waals surface area contributed by atoms with Crippen molar-refractivity contribution >= 4 is 33.1 Å². The predicted octanol–water partition coefficient (Wildman–Crippen LogP) is 4.33. The van der Waals surface area contributed by atoms with Crippen LogP contribution in [-0.2, 0) is 4.79 Å². The molecule has 2 heterocycles. The maximum absolute atomic E-state index is 10.6. The van der Waals surface area contributed by atoms with Gasteiger partial charge < -0.3 is 10.1 Å². The summed E-state index contributed by atoms with van der Waals surface area (Å²) in [7, 11) is 0. The van der Waals surface area contributed by atoms with Gasteiger partial charge in [0.25, 0.3) is 0 Å². The number of nitrogens with one attached hydrogen (secondary N) is 1. The molecular weight excluding hydrogens is 391 g/mol. The van der Waals surface area contributed by atoms with Crippen molar-refractivity contribution in [3.05, 3.63) is 46.6 Å². The number of halogens is 4. The number of aryl methyl sites for hydroxylation is 1. The molecule has 9 heteroatoms. The number of carboxylic acids is 1. The van der Waals surface area contributed by atoms with E-state index >= 15 is 0 Å². The first kappa shape index (κ1) is 17.9. The molecule has 1 aromatic carbocycles. The minimum atomic E-state index is -5.08. The summed E-state index contributed by atoms with van der Waals surface area (Å²) in [5.41, 5.74) is 4.00. The van der Waals surface area contributed by atoms with E-state index in [0.29, 0.717) is 0 Å². The lowest BCUT2D eigenvalue weighted by atomic mass is 10.1. The van der Waals surface area contributed by atoms with Crippen molar-refractivity contribution in [3.8, 4) is 11.4 Å². The van der Waals surface area contributed by atoms with Gasteiger partial charge in [0.2, 0.25) is 0 Å². The van der Waals surface area contributed by atoms with Crippen molar-refractivity contribution in [2.45, 2.75) is 13.1 Å². The molecule has 0 radical (unpaired) electrons. The van der Waals surface area contributed by atoms with Crippen LogP contribution in [0.2, 0.25) is 0 Å². The number of aliphatic carboxylic acids is 1. The number of alkyl halides is 3. The highest BCUT2D eigenvalue weighted by Gasteiger charge is 2.38. The number of aromatic amines is 1. The molecule has 0 unspecified atom stereocenters. The Kier molecular flexibility index (Phi) is 5.23. The van der Waals surface area contributed by atoms with Gasteiger partial charge in [-0.3, -0.25) is 0 Å². The molecule has 0 saturated carbocycles. The number of aromatic nitrogens is 3. The van der Waals surface area contributed by atoms with E-state index in [9.17, 15) is 13.2 Å². The summed E-state index contributed by atoms with van der Waals surface area (Å²) in [6, 6.07) is 10.2. The summed E-state index contributed by atoms with van der Waals surface area (Å²) in [4.78, 5) is 21.0. The molecule has 0 bridgehead atoms.